The van der Waals surface area contributed by atoms with Gasteiger partial charge in [0.05, 0.1) is 12.0 Å². The van der Waals surface area contributed by atoms with Crippen molar-refractivity contribution in [2.75, 3.05) is 33.2 Å². The van der Waals surface area contributed by atoms with E-state index in [0.29, 0.717) is 0 Å². The zero-order chi connectivity index (χ0) is 14.7. The molecular weight excluding hydrogens is 262 g/mol. The van der Waals surface area contributed by atoms with Gasteiger partial charge in [0, 0.05) is 44.3 Å². The van der Waals surface area contributed by atoms with Crippen molar-refractivity contribution in [3.8, 4) is 5.69 Å². The van der Waals surface area contributed by atoms with Gasteiger partial charge in [-0.25, -0.2) is 4.98 Å². The number of piperazine rings is 1. The SMILES string of the molecule is C/C(=N\N1CCN(C)CC1)c1ccc(-n2ccnc2)cc1. The molecule has 110 valence electrons. The van der Waals surface area contributed by atoms with Crippen molar-refractivity contribution in [2.24, 2.45) is 5.10 Å². The second kappa shape index (κ2) is 6.10. The predicted molar refractivity (Wildman–Crippen MR) is 84.8 cm³/mol. The minimum absolute atomic E-state index is 1.00. The number of benzene rings is 1. The van der Waals surface area contributed by atoms with Crippen molar-refractivity contribution < 1.29 is 0 Å². The third-order valence-corrected chi connectivity index (χ3v) is 3.86. The van der Waals surface area contributed by atoms with Gasteiger partial charge in [0.1, 0.15) is 0 Å². The summed E-state index contributed by atoms with van der Waals surface area (Å²) in [6.07, 6.45) is 5.54. The van der Waals surface area contributed by atoms with Gasteiger partial charge in [-0.05, 0) is 31.7 Å². The van der Waals surface area contributed by atoms with Crippen LogP contribution in [0.3, 0.4) is 0 Å². The highest BCUT2D eigenvalue weighted by Gasteiger charge is 2.12. The lowest BCUT2D eigenvalue weighted by Gasteiger charge is -2.30. The van der Waals surface area contributed by atoms with Crippen LogP contribution in [-0.2, 0) is 0 Å². The first-order chi connectivity index (χ1) is 10.2. The molecule has 0 spiro atoms. The summed E-state index contributed by atoms with van der Waals surface area (Å²) in [6, 6.07) is 8.43. The molecule has 0 aliphatic carbocycles. The largest absolute Gasteiger partial charge is 0.306 e. The Morgan fingerprint density at radius 2 is 1.81 bits per heavy atom. The van der Waals surface area contributed by atoms with E-state index in [1.807, 2.05) is 10.8 Å². The standard InChI is InChI=1S/C16H21N5/c1-14(18-21-11-9-19(2)10-12-21)15-3-5-16(6-4-15)20-8-7-17-13-20/h3-8,13H,9-12H2,1-2H3/b18-14+. The maximum atomic E-state index is 4.74. The van der Waals surface area contributed by atoms with E-state index >= 15 is 0 Å². The maximum absolute atomic E-state index is 4.74. The van der Waals surface area contributed by atoms with Crippen LogP contribution in [-0.4, -0.2) is 58.4 Å². The van der Waals surface area contributed by atoms with Crippen molar-refractivity contribution in [3.05, 3.63) is 48.5 Å². The van der Waals surface area contributed by atoms with Crippen molar-refractivity contribution in [1.29, 1.82) is 0 Å². The molecule has 21 heavy (non-hydrogen) atoms. The molecule has 1 saturated heterocycles. The van der Waals surface area contributed by atoms with Gasteiger partial charge in [-0.2, -0.15) is 5.10 Å². The summed E-state index contributed by atoms with van der Waals surface area (Å²) in [4.78, 5) is 6.40. The summed E-state index contributed by atoms with van der Waals surface area (Å²) in [7, 11) is 2.16. The first kappa shape index (κ1) is 13.8. The molecule has 0 amide bonds. The summed E-state index contributed by atoms with van der Waals surface area (Å²) in [5.41, 5.74) is 3.35. The van der Waals surface area contributed by atoms with Gasteiger partial charge in [-0.15, -0.1) is 0 Å². The molecule has 0 saturated carbocycles. The zero-order valence-corrected chi connectivity index (χ0v) is 12.6. The molecule has 2 aromatic rings. The molecule has 0 unspecified atom stereocenters. The van der Waals surface area contributed by atoms with Gasteiger partial charge < -0.3 is 9.47 Å². The Hall–Kier alpha value is -2.14. The molecule has 1 aromatic heterocycles. The number of aromatic nitrogens is 2. The van der Waals surface area contributed by atoms with Crippen LogP contribution in [0, 0.1) is 0 Å². The van der Waals surface area contributed by atoms with Crippen LogP contribution >= 0.6 is 0 Å². The highest BCUT2D eigenvalue weighted by molar-refractivity contribution is 5.98. The second-order valence-corrected chi connectivity index (χ2v) is 5.46. The molecule has 3 rings (SSSR count). The van der Waals surface area contributed by atoms with Crippen LogP contribution in [0.25, 0.3) is 5.69 Å². The van der Waals surface area contributed by atoms with Gasteiger partial charge in [0.2, 0.25) is 0 Å². The Morgan fingerprint density at radius 1 is 1.10 bits per heavy atom. The van der Waals surface area contributed by atoms with Crippen LogP contribution in [0.1, 0.15) is 12.5 Å². The maximum Gasteiger partial charge on any atom is 0.0991 e. The number of hydrogen-bond donors (Lipinski definition) is 0. The van der Waals surface area contributed by atoms with Gasteiger partial charge in [0.15, 0.2) is 0 Å². The van der Waals surface area contributed by atoms with Crippen molar-refractivity contribution >= 4 is 5.71 Å². The molecule has 1 aliphatic heterocycles. The molecular formula is C16H21N5. The Labute approximate surface area is 125 Å². The first-order valence-corrected chi connectivity index (χ1v) is 7.30. The highest BCUT2D eigenvalue weighted by Crippen LogP contribution is 2.11. The Bertz CT molecular complexity index is 592. The van der Waals surface area contributed by atoms with E-state index in [2.05, 4.69) is 53.1 Å². The van der Waals surface area contributed by atoms with Crippen LogP contribution in [0.4, 0.5) is 0 Å². The molecule has 1 aromatic carbocycles. The Morgan fingerprint density at radius 3 is 2.43 bits per heavy atom. The number of hydrogen-bond acceptors (Lipinski definition) is 4. The average molecular weight is 283 g/mol. The summed E-state index contributed by atoms with van der Waals surface area (Å²) < 4.78 is 2.00. The summed E-state index contributed by atoms with van der Waals surface area (Å²) in [6.45, 7) is 6.24. The summed E-state index contributed by atoms with van der Waals surface area (Å²) >= 11 is 0. The lowest BCUT2D eigenvalue weighted by Crippen LogP contribution is -2.42. The quantitative estimate of drug-likeness (QED) is 0.807. The van der Waals surface area contributed by atoms with E-state index in [9.17, 15) is 0 Å². The zero-order valence-electron chi connectivity index (χ0n) is 12.6. The molecule has 1 aliphatic rings. The van der Waals surface area contributed by atoms with E-state index in [-0.39, 0.29) is 0 Å². The van der Waals surface area contributed by atoms with E-state index in [4.69, 9.17) is 5.10 Å². The lowest BCUT2D eigenvalue weighted by atomic mass is 10.1. The van der Waals surface area contributed by atoms with Crippen LogP contribution < -0.4 is 0 Å². The van der Waals surface area contributed by atoms with Crippen LogP contribution in [0.2, 0.25) is 0 Å². The molecule has 0 radical (unpaired) electrons. The summed E-state index contributed by atoms with van der Waals surface area (Å²) in [5.74, 6) is 0. The summed E-state index contributed by atoms with van der Waals surface area (Å²) in [5, 5.41) is 6.90. The molecule has 0 N–H and O–H groups in total. The minimum Gasteiger partial charge on any atom is -0.306 e. The fraction of sp³-hybridized carbons (Fsp3) is 0.375. The smallest absolute Gasteiger partial charge is 0.0991 e. The third kappa shape index (κ3) is 3.31. The van der Waals surface area contributed by atoms with E-state index in [1.54, 1.807) is 12.5 Å². The van der Waals surface area contributed by atoms with Crippen molar-refractivity contribution in [2.45, 2.75) is 6.92 Å². The minimum atomic E-state index is 1.00. The van der Waals surface area contributed by atoms with Crippen LogP contribution in [0.15, 0.2) is 48.1 Å². The number of likely N-dealkylation sites (N-methyl/N-ethyl adjacent to an activating group) is 1. The Balaban J connectivity index is 1.71. The molecule has 5 heteroatoms. The first-order valence-electron chi connectivity index (χ1n) is 7.30. The van der Waals surface area contributed by atoms with Gasteiger partial charge >= 0.3 is 0 Å². The topological polar surface area (TPSA) is 36.7 Å². The number of hydrazone groups is 1. The van der Waals surface area contributed by atoms with Crippen molar-refractivity contribution in [1.82, 2.24) is 19.5 Å². The normalized spacial score (nSPS) is 17.2. The second-order valence-electron chi connectivity index (χ2n) is 5.46. The van der Waals surface area contributed by atoms with Gasteiger partial charge in [-0.1, -0.05) is 12.1 Å². The monoisotopic (exact) mass is 283 g/mol. The van der Waals surface area contributed by atoms with Crippen molar-refractivity contribution in [3.63, 3.8) is 0 Å². The Kier molecular flexibility index (Phi) is 4.01. The molecule has 0 bridgehead atoms. The lowest BCUT2D eigenvalue weighted by molar-refractivity contribution is 0.159. The molecule has 2 heterocycles. The third-order valence-electron chi connectivity index (χ3n) is 3.86. The fourth-order valence-corrected chi connectivity index (χ4v) is 2.45. The van der Waals surface area contributed by atoms with E-state index in [1.165, 1.54) is 0 Å². The average Bonchev–Trinajstić information content (AvgIpc) is 3.04. The van der Waals surface area contributed by atoms with Crippen LogP contribution in [0.5, 0.6) is 0 Å². The predicted octanol–water partition coefficient (Wildman–Crippen LogP) is 1.84. The molecule has 1 fully saturated rings. The van der Waals surface area contributed by atoms with E-state index in [0.717, 1.165) is 43.1 Å². The number of nitrogens with zero attached hydrogens (tertiary/aromatic N) is 5. The number of rotatable bonds is 3. The molecule has 5 nitrogen and oxygen atoms in total. The molecule has 0 atom stereocenters. The fourth-order valence-electron chi connectivity index (χ4n) is 2.45. The highest BCUT2D eigenvalue weighted by atomic mass is 15.5. The van der Waals surface area contributed by atoms with Gasteiger partial charge in [0.25, 0.3) is 0 Å². The number of imidazole rings is 1. The van der Waals surface area contributed by atoms with E-state index < -0.39 is 0 Å². The van der Waals surface area contributed by atoms with Gasteiger partial charge in [-0.3, -0.25) is 5.01 Å².